The first kappa shape index (κ1) is 17.5. The number of carbonyl (C=O) groups excluding carboxylic acids is 1. The number of anilines is 1. The van der Waals surface area contributed by atoms with Crippen molar-refractivity contribution in [3.8, 4) is 0 Å². The quantitative estimate of drug-likeness (QED) is 0.491. The van der Waals surface area contributed by atoms with Crippen molar-refractivity contribution < 1.29 is 4.79 Å². The number of fused-ring (bicyclic) bond motifs is 3. The van der Waals surface area contributed by atoms with Gasteiger partial charge < -0.3 is 15.6 Å². The summed E-state index contributed by atoms with van der Waals surface area (Å²) in [6, 6.07) is 8.73. The van der Waals surface area contributed by atoms with Gasteiger partial charge in [0.05, 0.1) is 40.2 Å². The number of rotatable bonds is 3. The molecule has 0 spiro atoms. The molecule has 1 amide bonds. The second-order valence-electron chi connectivity index (χ2n) is 7.13. The van der Waals surface area contributed by atoms with E-state index in [9.17, 15) is 9.59 Å². The maximum atomic E-state index is 12.6. The summed E-state index contributed by atoms with van der Waals surface area (Å²) in [5.74, 6) is -0.0418. The summed E-state index contributed by atoms with van der Waals surface area (Å²) in [7, 11) is 0. The second-order valence-corrected chi connectivity index (χ2v) is 7.13. The summed E-state index contributed by atoms with van der Waals surface area (Å²) in [5, 5.41) is 19.1. The van der Waals surface area contributed by atoms with Crippen LogP contribution in [0.3, 0.4) is 0 Å². The highest BCUT2D eigenvalue weighted by Gasteiger charge is 2.22. The molecule has 0 radical (unpaired) electrons. The average Bonchev–Trinajstić information content (AvgIpc) is 3.14. The minimum Gasteiger partial charge on any atom is -0.321 e. The molecular formula is C20H19N7O2. The number of benzene rings is 1. The first-order valence-electron chi connectivity index (χ1n) is 9.54. The Morgan fingerprint density at radius 1 is 1.17 bits per heavy atom. The molecule has 146 valence electrons. The molecule has 4 heterocycles. The van der Waals surface area contributed by atoms with E-state index in [1.807, 2.05) is 16.6 Å². The molecular weight excluding hydrogens is 370 g/mol. The lowest BCUT2D eigenvalue weighted by Gasteiger charge is -2.23. The van der Waals surface area contributed by atoms with Gasteiger partial charge in [-0.05, 0) is 44.1 Å². The van der Waals surface area contributed by atoms with E-state index in [4.69, 9.17) is 5.10 Å². The van der Waals surface area contributed by atoms with E-state index in [2.05, 4.69) is 25.8 Å². The number of hydrogen-bond donors (Lipinski definition) is 3. The van der Waals surface area contributed by atoms with Gasteiger partial charge in [-0.15, -0.1) is 0 Å². The van der Waals surface area contributed by atoms with Crippen LogP contribution in [0, 0.1) is 0 Å². The smallest absolute Gasteiger partial charge is 0.257 e. The summed E-state index contributed by atoms with van der Waals surface area (Å²) in [6.07, 6.45) is 4.77. The monoisotopic (exact) mass is 389 g/mol. The van der Waals surface area contributed by atoms with Gasteiger partial charge >= 0.3 is 0 Å². The van der Waals surface area contributed by atoms with Crippen molar-refractivity contribution >= 4 is 28.1 Å². The van der Waals surface area contributed by atoms with Crippen LogP contribution in [-0.2, 0) is 0 Å². The zero-order valence-corrected chi connectivity index (χ0v) is 15.6. The van der Waals surface area contributed by atoms with Crippen LogP contribution >= 0.6 is 0 Å². The zero-order valence-electron chi connectivity index (χ0n) is 15.6. The third-order valence-corrected chi connectivity index (χ3v) is 5.32. The maximum Gasteiger partial charge on any atom is 0.257 e. The molecule has 5 rings (SSSR count). The van der Waals surface area contributed by atoms with Gasteiger partial charge in [-0.25, -0.2) is 4.52 Å². The van der Waals surface area contributed by atoms with Crippen molar-refractivity contribution in [2.75, 3.05) is 18.4 Å². The molecule has 0 aliphatic carbocycles. The highest BCUT2D eigenvalue weighted by molar-refractivity contribution is 6.11. The Labute approximate surface area is 165 Å². The lowest BCUT2D eigenvalue weighted by molar-refractivity contribution is 0.102. The topological polar surface area (TPSA) is 117 Å². The number of nitrogens with one attached hydrogen (secondary N) is 3. The number of aromatic nitrogens is 5. The minimum absolute atomic E-state index is 0.174. The molecule has 9 nitrogen and oxygen atoms in total. The van der Waals surface area contributed by atoms with Gasteiger partial charge in [0.15, 0.2) is 0 Å². The molecule has 9 heteroatoms. The lowest BCUT2D eigenvalue weighted by Crippen LogP contribution is -2.28. The number of hydrogen-bond acceptors (Lipinski definition) is 6. The van der Waals surface area contributed by atoms with Gasteiger partial charge in [0, 0.05) is 12.0 Å². The van der Waals surface area contributed by atoms with Crippen LogP contribution < -0.4 is 16.2 Å². The van der Waals surface area contributed by atoms with E-state index in [0.717, 1.165) is 31.6 Å². The molecule has 1 saturated heterocycles. The Morgan fingerprint density at radius 2 is 2.03 bits per heavy atom. The van der Waals surface area contributed by atoms with E-state index in [1.54, 1.807) is 18.2 Å². The predicted octanol–water partition coefficient (Wildman–Crippen LogP) is 1.69. The third-order valence-electron chi connectivity index (χ3n) is 5.32. The van der Waals surface area contributed by atoms with Crippen LogP contribution in [0.1, 0.15) is 34.8 Å². The third kappa shape index (κ3) is 3.15. The molecule has 4 aromatic rings. The molecule has 0 saturated carbocycles. The van der Waals surface area contributed by atoms with Crippen LogP contribution in [0.2, 0.25) is 0 Å². The normalized spacial score (nSPS) is 15.0. The van der Waals surface area contributed by atoms with Crippen molar-refractivity contribution in [1.29, 1.82) is 0 Å². The number of carbonyl (C=O) groups is 1. The van der Waals surface area contributed by atoms with E-state index in [-0.39, 0.29) is 17.4 Å². The van der Waals surface area contributed by atoms with Gasteiger partial charge in [-0.1, -0.05) is 6.07 Å². The van der Waals surface area contributed by atoms with Gasteiger partial charge in [-0.3, -0.25) is 9.59 Å². The fraction of sp³-hybridized carbons (Fsp3) is 0.250. The van der Waals surface area contributed by atoms with Crippen LogP contribution in [0.4, 0.5) is 5.69 Å². The Bertz CT molecular complexity index is 1260. The van der Waals surface area contributed by atoms with Crippen LogP contribution in [-0.4, -0.2) is 43.8 Å². The molecule has 29 heavy (non-hydrogen) atoms. The van der Waals surface area contributed by atoms with Crippen molar-refractivity contribution in [3.05, 3.63) is 64.3 Å². The molecule has 1 fully saturated rings. The average molecular weight is 389 g/mol. The Kier molecular flexibility index (Phi) is 4.28. The number of aromatic amines is 1. The summed E-state index contributed by atoms with van der Waals surface area (Å²) in [6.45, 7) is 1.84. The predicted molar refractivity (Wildman–Crippen MR) is 108 cm³/mol. The van der Waals surface area contributed by atoms with Gasteiger partial charge in [0.2, 0.25) is 0 Å². The number of nitrogens with zero attached hydrogens (tertiary/aromatic N) is 4. The Morgan fingerprint density at radius 3 is 2.83 bits per heavy atom. The highest BCUT2D eigenvalue weighted by Crippen LogP contribution is 2.30. The standard InChI is InChI=1S/C20H19N7O2/c28-17-10-16(12-4-7-21-8-5-12)27-19(25-17)18-14(2-1-3-15(18)26-27)24-20(29)13-6-9-22-23-11-13/h1-3,6,9-12,21H,4-5,7-8H2,(H,24,29)(H,25,28). The van der Waals surface area contributed by atoms with E-state index >= 15 is 0 Å². The number of H-pyrrole nitrogens is 1. The van der Waals surface area contributed by atoms with Gasteiger partial charge in [-0.2, -0.15) is 15.3 Å². The molecule has 0 bridgehead atoms. The van der Waals surface area contributed by atoms with E-state index in [1.165, 1.54) is 12.4 Å². The van der Waals surface area contributed by atoms with Crippen molar-refractivity contribution in [1.82, 2.24) is 30.1 Å². The number of piperidine rings is 1. The second kappa shape index (κ2) is 7.10. The first-order chi connectivity index (χ1) is 14.2. The summed E-state index contributed by atoms with van der Waals surface area (Å²) in [4.78, 5) is 27.9. The Balaban J connectivity index is 1.65. The summed E-state index contributed by atoms with van der Waals surface area (Å²) in [5.41, 5.74) is 3.00. The van der Waals surface area contributed by atoms with Gasteiger partial charge in [0.25, 0.3) is 11.5 Å². The fourth-order valence-electron chi connectivity index (χ4n) is 3.92. The molecule has 1 aromatic carbocycles. The highest BCUT2D eigenvalue weighted by atomic mass is 16.1. The van der Waals surface area contributed by atoms with Gasteiger partial charge in [0.1, 0.15) is 5.65 Å². The molecule has 1 aliphatic rings. The molecule has 1 aliphatic heterocycles. The minimum atomic E-state index is -0.302. The molecule has 0 unspecified atom stereocenters. The van der Waals surface area contributed by atoms with Crippen LogP contribution in [0.15, 0.2) is 47.5 Å². The molecule has 3 N–H and O–H groups in total. The van der Waals surface area contributed by atoms with Crippen LogP contribution in [0.5, 0.6) is 0 Å². The SMILES string of the molecule is O=C(Nc1cccc2nn3c(C4CCNCC4)cc(=O)[nH]c3c12)c1ccnnc1. The first-order valence-corrected chi connectivity index (χ1v) is 9.54. The summed E-state index contributed by atoms with van der Waals surface area (Å²) < 4.78 is 1.81. The van der Waals surface area contributed by atoms with Crippen LogP contribution in [0.25, 0.3) is 16.6 Å². The lowest BCUT2D eigenvalue weighted by atomic mass is 9.94. The van der Waals surface area contributed by atoms with E-state index in [0.29, 0.717) is 27.8 Å². The Hall–Kier alpha value is -3.59. The largest absolute Gasteiger partial charge is 0.321 e. The fourth-order valence-corrected chi connectivity index (χ4v) is 3.92. The van der Waals surface area contributed by atoms with E-state index < -0.39 is 0 Å². The zero-order chi connectivity index (χ0) is 19.8. The maximum absolute atomic E-state index is 12.6. The molecule has 0 atom stereocenters. The summed E-state index contributed by atoms with van der Waals surface area (Å²) >= 11 is 0. The molecule has 3 aromatic heterocycles. The van der Waals surface area contributed by atoms with Crippen molar-refractivity contribution in [2.45, 2.75) is 18.8 Å². The number of amides is 1. The van der Waals surface area contributed by atoms with Crippen molar-refractivity contribution in [3.63, 3.8) is 0 Å². The van der Waals surface area contributed by atoms with Crippen molar-refractivity contribution in [2.24, 2.45) is 0 Å².